The zero-order valence-electron chi connectivity index (χ0n) is 14.6. The predicted molar refractivity (Wildman–Crippen MR) is 99.2 cm³/mol. The van der Waals surface area contributed by atoms with Gasteiger partial charge in [-0.1, -0.05) is 48.4 Å². The maximum Gasteiger partial charge on any atom is 0.119 e. The van der Waals surface area contributed by atoms with Crippen LogP contribution < -0.4 is 4.74 Å². The molecule has 0 radical (unpaired) electrons. The molecule has 0 saturated carbocycles. The molecule has 0 saturated heterocycles. The molecule has 0 aliphatic heterocycles. The van der Waals surface area contributed by atoms with E-state index in [1.807, 2.05) is 36.4 Å². The molecule has 0 heterocycles. The summed E-state index contributed by atoms with van der Waals surface area (Å²) < 4.78 is 10.5. The van der Waals surface area contributed by atoms with Crippen molar-refractivity contribution in [3.8, 4) is 18.1 Å². The molecule has 0 spiro atoms. The Morgan fingerprint density at radius 2 is 1.80 bits per heavy atom. The van der Waals surface area contributed by atoms with E-state index in [1.165, 1.54) is 5.56 Å². The standard InChI is InChI=1S/C21H25NO3/c1-3-12-25-17-20(23)16-22(14-18-8-5-4-6-9-18)15-19-10-7-11-21(13-19)24-2/h1,4-11,13,20,23H,12,14-17H2,2H3/t20-/m0/s1. The van der Waals surface area contributed by atoms with Gasteiger partial charge in [0.05, 0.1) is 19.8 Å². The fourth-order valence-electron chi connectivity index (χ4n) is 2.66. The van der Waals surface area contributed by atoms with Crippen LogP contribution in [0.1, 0.15) is 11.1 Å². The van der Waals surface area contributed by atoms with Gasteiger partial charge in [-0.15, -0.1) is 6.42 Å². The van der Waals surface area contributed by atoms with Gasteiger partial charge in [-0.3, -0.25) is 4.90 Å². The highest BCUT2D eigenvalue weighted by atomic mass is 16.5. The normalized spacial score (nSPS) is 11.9. The van der Waals surface area contributed by atoms with Gasteiger partial charge >= 0.3 is 0 Å². The Balaban J connectivity index is 2.04. The topological polar surface area (TPSA) is 41.9 Å². The highest BCUT2D eigenvalue weighted by Gasteiger charge is 2.13. The number of hydrogen-bond donors (Lipinski definition) is 1. The average molecular weight is 339 g/mol. The summed E-state index contributed by atoms with van der Waals surface area (Å²) in [5.41, 5.74) is 2.33. The average Bonchev–Trinajstić information content (AvgIpc) is 2.63. The van der Waals surface area contributed by atoms with Crippen LogP contribution in [-0.2, 0) is 17.8 Å². The van der Waals surface area contributed by atoms with Crippen LogP contribution in [0.2, 0.25) is 0 Å². The molecule has 132 valence electrons. The molecule has 0 bridgehead atoms. The van der Waals surface area contributed by atoms with E-state index in [0.29, 0.717) is 13.1 Å². The second-order valence-electron chi connectivity index (χ2n) is 5.88. The van der Waals surface area contributed by atoms with Crippen LogP contribution in [0, 0.1) is 12.3 Å². The van der Waals surface area contributed by atoms with Crippen molar-refractivity contribution in [3.05, 3.63) is 65.7 Å². The molecular formula is C21H25NO3. The van der Waals surface area contributed by atoms with Gasteiger partial charge in [0.15, 0.2) is 0 Å². The monoisotopic (exact) mass is 339 g/mol. The summed E-state index contributed by atoms with van der Waals surface area (Å²) in [6, 6.07) is 18.2. The molecular weight excluding hydrogens is 314 g/mol. The minimum absolute atomic E-state index is 0.214. The van der Waals surface area contributed by atoms with Gasteiger partial charge in [-0.2, -0.15) is 0 Å². The lowest BCUT2D eigenvalue weighted by Crippen LogP contribution is -2.34. The first-order chi connectivity index (χ1) is 12.2. The van der Waals surface area contributed by atoms with Crippen LogP contribution in [0.15, 0.2) is 54.6 Å². The van der Waals surface area contributed by atoms with E-state index < -0.39 is 6.10 Å². The lowest BCUT2D eigenvalue weighted by Gasteiger charge is -2.25. The molecule has 4 heteroatoms. The van der Waals surface area contributed by atoms with Gasteiger partial charge in [-0.25, -0.2) is 0 Å². The summed E-state index contributed by atoms with van der Waals surface area (Å²) in [5.74, 6) is 3.24. The Labute approximate surface area is 150 Å². The maximum absolute atomic E-state index is 10.2. The summed E-state index contributed by atoms with van der Waals surface area (Å²) in [6.07, 6.45) is 4.57. The molecule has 25 heavy (non-hydrogen) atoms. The fourth-order valence-corrected chi connectivity index (χ4v) is 2.66. The van der Waals surface area contributed by atoms with Crippen LogP contribution in [0.3, 0.4) is 0 Å². The molecule has 0 aliphatic carbocycles. The summed E-state index contributed by atoms with van der Waals surface area (Å²) in [6.45, 7) is 2.39. The number of terminal acetylenes is 1. The summed E-state index contributed by atoms with van der Waals surface area (Å²) in [5, 5.41) is 10.2. The Kier molecular flexibility index (Phi) is 8.00. The molecule has 0 aromatic heterocycles. The zero-order valence-corrected chi connectivity index (χ0v) is 14.6. The van der Waals surface area contributed by atoms with E-state index in [0.717, 1.165) is 17.9 Å². The van der Waals surface area contributed by atoms with Crippen LogP contribution in [0.5, 0.6) is 5.75 Å². The molecule has 0 amide bonds. The van der Waals surface area contributed by atoms with Gasteiger partial charge in [0.2, 0.25) is 0 Å². The molecule has 2 rings (SSSR count). The third-order valence-electron chi connectivity index (χ3n) is 3.75. The number of aliphatic hydroxyl groups is 1. The van der Waals surface area contributed by atoms with Crippen LogP contribution in [0.4, 0.5) is 0 Å². The van der Waals surface area contributed by atoms with Crippen LogP contribution in [-0.4, -0.2) is 43.0 Å². The second kappa shape index (κ2) is 10.5. The number of hydrogen-bond acceptors (Lipinski definition) is 4. The van der Waals surface area contributed by atoms with Crippen LogP contribution in [0.25, 0.3) is 0 Å². The summed E-state index contributed by atoms with van der Waals surface area (Å²) in [4.78, 5) is 2.19. The minimum Gasteiger partial charge on any atom is -0.497 e. The first-order valence-electron chi connectivity index (χ1n) is 8.29. The molecule has 2 aromatic rings. The van der Waals surface area contributed by atoms with Crippen molar-refractivity contribution in [2.75, 3.05) is 26.9 Å². The third kappa shape index (κ3) is 6.98. The number of ether oxygens (including phenoxy) is 2. The van der Waals surface area contributed by atoms with E-state index in [-0.39, 0.29) is 13.2 Å². The SMILES string of the molecule is C#CCOC[C@@H](O)CN(Cc1ccccc1)Cc1cccc(OC)c1. The second-order valence-corrected chi connectivity index (χ2v) is 5.88. The maximum atomic E-state index is 10.2. The third-order valence-corrected chi connectivity index (χ3v) is 3.75. The quantitative estimate of drug-likeness (QED) is 0.534. The van der Waals surface area contributed by atoms with E-state index in [9.17, 15) is 5.11 Å². The van der Waals surface area contributed by atoms with Crippen molar-refractivity contribution < 1.29 is 14.6 Å². The highest BCUT2D eigenvalue weighted by molar-refractivity contribution is 5.28. The number of rotatable bonds is 10. The minimum atomic E-state index is -0.595. The zero-order chi connectivity index (χ0) is 17.9. The van der Waals surface area contributed by atoms with Crippen molar-refractivity contribution in [1.29, 1.82) is 0 Å². The van der Waals surface area contributed by atoms with E-state index in [4.69, 9.17) is 15.9 Å². The van der Waals surface area contributed by atoms with Crippen molar-refractivity contribution >= 4 is 0 Å². The Bertz CT molecular complexity index is 666. The van der Waals surface area contributed by atoms with E-state index in [1.54, 1.807) is 7.11 Å². The smallest absolute Gasteiger partial charge is 0.119 e. The fraction of sp³-hybridized carbons (Fsp3) is 0.333. The Morgan fingerprint density at radius 1 is 1.08 bits per heavy atom. The highest BCUT2D eigenvalue weighted by Crippen LogP contribution is 2.16. The van der Waals surface area contributed by atoms with Gasteiger partial charge < -0.3 is 14.6 Å². The van der Waals surface area contributed by atoms with Crippen molar-refractivity contribution in [2.24, 2.45) is 0 Å². The van der Waals surface area contributed by atoms with Gasteiger partial charge in [0, 0.05) is 19.6 Å². The van der Waals surface area contributed by atoms with Gasteiger partial charge in [0.25, 0.3) is 0 Å². The molecule has 0 unspecified atom stereocenters. The molecule has 4 nitrogen and oxygen atoms in total. The Hall–Kier alpha value is -2.32. The number of nitrogens with zero attached hydrogens (tertiary/aromatic N) is 1. The molecule has 1 atom stereocenters. The lowest BCUT2D eigenvalue weighted by atomic mass is 10.1. The predicted octanol–water partition coefficient (Wildman–Crippen LogP) is 2.71. The molecule has 1 N–H and O–H groups in total. The molecule has 0 aliphatic rings. The van der Waals surface area contributed by atoms with Crippen molar-refractivity contribution in [2.45, 2.75) is 19.2 Å². The number of methoxy groups -OCH3 is 1. The Morgan fingerprint density at radius 3 is 2.52 bits per heavy atom. The first kappa shape index (κ1) is 19.0. The van der Waals surface area contributed by atoms with Crippen LogP contribution >= 0.6 is 0 Å². The summed E-state index contributed by atoms with van der Waals surface area (Å²) in [7, 11) is 1.66. The van der Waals surface area contributed by atoms with Crippen molar-refractivity contribution in [3.63, 3.8) is 0 Å². The summed E-state index contributed by atoms with van der Waals surface area (Å²) >= 11 is 0. The first-order valence-corrected chi connectivity index (χ1v) is 8.29. The van der Waals surface area contributed by atoms with Gasteiger partial charge in [0.1, 0.15) is 12.4 Å². The largest absolute Gasteiger partial charge is 0.497 e. The van der Waals surface area contributed by atoms with E-state index >= 15 is 0 Å². The number of benzene rings is 2. The number of aliphatic hydroxyl groups excluding tert-OH is 1. The molecule has 0 fully saturated rings. The molecule has 2 aromatic carbocycles. The lowest BCUT2D eigenvalue weighted by molar-refractivity contribution is 0.0243. The van der Waals surface area contributed by atoms with Crippen molar-refractivity contribution in [1.82, 2.24) is 4.90 Å². The van der Waals surface area contributed by atoms with E-state index in [2.05, 4.69) is 29.0 Å². The van der Waals surface area contributed by atoms with Gasteiger partial charge in [-0.05, 0) is 23.3 Å².